The Morgan fingerprint density at radius 1 is 1.24 bits per heavy atom. The van der Waals surface area contributed by atoms with E-state index in [9.17, 15) is 32.1 Å². The van der Waals surface area contributed by atoms with Crippen LogP contribution in [0.15, 0.2) is 28.5 Å². The van der Waals surface area contributed by atoms with Crippen molar-refractivity contribution in [3.63, 3.8) is 0 Å². The molecule has 0 aliphatic carbocycles. The minimum absolute atomic E-state index is 0. The van der Waals surface area contributed by atoms with Crippen molar-refractivity contribution >= 4 is 45.6 Å². The molecule has 1 aromatic heterocycles. The Morgan fingerprint density at radius 2 is 1.90 bits per heavy atom. The Labute approximate surface area is 189 Å². The quantitative estimate of drug-likeness (QED) is 0.222. The second-order valence-electron chi connectivity index (χ2n) is 5.64. The minimum Gasteiger partial charge on any atom is -0.744 e. The zero-order chi connectivity index (χ0) is 20.8. The van der Waals surface area contributed by atoms with Crippen LogP contribution < -0.4 is 34.9 Å². The molecule has 0 spiro atoms. The topological polar surface area (TPSA) is 194 Å². The summed E-state index contributed by atoms with van der Waals surface area (Å²) in [7, 11) is -5.16. The number of carboxylic acid groups (broad SMARTS) is 2. The number of hydrogen-bond donors (Lipinski definition) is 3. The summed E-state index contributed by atoms with van der Waals surface area (Å²) in [5.41, 5.74) is -1.65. The molecule has 3 atom stereocenters. The molecule has 0 bridgehead atoms. The monoisotopic (exact) mass is 451 g/mol. The fourth-order valence-electron chi connectivity index (χ4n) is 2.69. The minimum atomic E-state index is -5.16. The van der Waals surface area contributed by atoms with Crippen molar-refractivity contribution in [3.8, 4) is 0 Å². The van der Waals surface area contributed by atoms with Gasteiger partial charge in [-0.05, 0) is 23.6 Å². The molecule has 15 heteroatoms. The van der Waals surface area contributed by atoms with Crippen molar-refractivity contribution in [2.75, 3.05) is 0 Å². The maximum atomic E-state index is 12.4. The van der Waals surface area contributed by atoms with Crippen molar-refractivity contribution in [2.24, 2.45) is 0 Å². The molecule has 148 valence electrons. The number of rotatable bonds is 5. The fraction of sp³-hybridized carbons (Fsp3) is 0.214. The summed E-state index contributed by atoms with van der Waals surface area (Å²) in [4.78, 5) is 50.3. The summed E-state index contributed by atoms with van der Waals surface area (Å²) < 4.78 is 34.0. The summed E-state index contributed by atoms with van der Waals surface area (Å²) in [5, 5.41) is 20.9. The van der Waals surface area contributed by atoms with Gasteiger partial charge in [0, 0.05) is 0 Å². The fourth-order valence-corrected chi connectivity index (χ4v) is 4.41. The van der Waals surface area contributed by atoms with Gasteiger partial charge in [-0.25, -0.2) is 23.0 Å². The Morgan fingerprint density at radius 3 is 2.45 bits per heavy atom. The Kier molecular flexibility index (Phi) is 6.76. The van der Waals surface area contributed by atoms with E-state index in [4.69, 9.17) is 10.2 Å². The molecule has 1 aromatic rings. The maximum Gasteiger partial charge on any atom is 1.00 e. The van der Waals surface area contributed by atoms with Crippen LogP contribution in [0, 0.1) is 0 Å². The van der Waals surface area contributed by atoms with E-state index in [2.05, 4.69) is 10.3 Å². The number of carbonyl (C=O) groups is 4. The van der Waals surface area contributed by atoms with E-state index in [-0.39, 0.29) is 29.6 Å². The maximum absolute atomic E-state index is 12.4. The van der Waals surface area contributed by atoms with Gasteiger partial charge in [0.15, 0.2) is 0 Å². The zero-order valence-corrected chi connectivity index (χ0v) is 18.1. The van der Waals surface area contributed by atoms with Gasteiger partial charge in [0.2, 0.25) is 5.91 Å². The summed E-state index contributed by atoms with van der Waals surface area (Å²) in [6.45, 7) is 0. The summed E-state index contributed by atoms with van der Waals surface area (Å²) >= 11 is 1.05. The molecular formula is C14H10N3NaO9S2. The molecule has 2 amide bonds. The number of nitrogens with one attached hydrogen (secondary N) is 1. The average molecular weight is 451 g/mol. The third-order valence-electron chi connectivity index (χ3n) is 3.96. The number of amides is 2. The number of carbonyl (C=O) groups excluding carboxylic acids is 2. The van der Waals surface area contributed by atoms with Gasteiger partial charge >= 0.3 is 41.5 Å². The second-order valence-corrected chi connectivity index (χ2v) is 8.01. The Hall–Kier alpha value is -1.97. The molecule has 3 heterocycles. The largest absolute Gasteiger partial charge is 1.00 e. The summed E-state index contributed by atoms with van der Waals surface area (Å²) in [6.07, 6.45) is 1.29. The molecule has 2 aliphatic rings. The number of pyridine rings is 1. The van der Waals surface area contributed by atoms with Gasteiger partial charge in [0.1, 0.15) is 39.0 Å². The molecule has 0 saturated carbocycles. The van der Waals surface area contributed by atoms with Gasteiger partial charge in [-0.15, -0.1) is 11.8 Å². The first kappa shape index (κ1) is 23.3. The van der Waals surface area contributed by atoms with E-state index < -0.39 is 67.6 Å². The second kappa shape index (κ2) is 8.41. The van der Waals surface area contributed by atoms with Crippen molar-refractivity contribution in [1.29, 1.82) is 0 Å². The number of fused-ring (bicyclic) bond motifs is 1. The van der Waals surface area contributed by atoms with E-state index >= 15 is 0 Å². The third-order valence-corrected chi connectivity index (χ3v) is 5.92. The number of nitrogens with zero attached hydrogens (tertiary/aromatic N) is 2. The van der Waals surface area contributed by atoms with Gasteiger partial charge in [-0.1, -0.05) is 0 Å². The standard InChI is InChI=1S/C14H11N3O9S2.Na/c18-10(8-7(28(24,25)26)2-1-5(15-8)13(20)21)16-9-11(19)17-6(14(22)23)3-4-27-12(9)17;/h1-4,6,9,12H,(H,16,18)(H,20,21)(H,22,23)(H,24,25,26);/q;+1/p-1/t6?,9-,12-;/m1./s1. The smallest absolute Gasteiger partial charge is 0.744 e. The van der Waals surface area contributed by atoms with Gasteiger partial charge in [-0.3, -0.25) is 9.59 Å². The summed E-state index contributed by atoms with van der Waals surface area (Å²) in [6, 6.07) is -1.03. The Bertz CT molecular complexity index is 1040. The molecule has 3 rings (SSSR count). The number of β-lactam (4-membered cyclic amide) rings is 1. The van der Waals surface area contributed by atoms with Crippen molar-refractivity contribution < 1.29 is 71.9 Å². The summed E-state index contributed by atoms with van der Waals surface area (Å²) in [5.74, 6) is -4.82. The van der Waals surface area contributed by atoms with E-state index in [0.29, 0.717) is 6.07 Å². The van der Waals surface area contributed by atoms with Crippen LogP contribution in [-0.2, 0) is 19.7 Å². The normalized spacial score (nSPS) is 22.7. The molecule has 2 aliphatic heterocycles. The van der Waals surface area contributed by atoms with Gasteiger partial charge in [0.25, 0.3) is 5.91 Å². The first-order valence-corrected chi connectivity index (χ1v) is 9.75. The van der Waals surface area contributed by atoms with Crippen LogP contribution >= 0.6 is 11.8 Å². The van der Waals surface area contributed by atoms with E-state index in [1.54, 1.807) is 0 Å². The number of aliphatic carboxylic acids is 1. The zero-order valence-electron chi connectivity index (χ0n) is 14.5. The first-order chi connectivity index (χ1) is 13.0. The number of carboxylic acids is 2. The molecule has 29 heavy (non-hydrogen) atoms. The van der Waals surface area contributed by atoms with Crippen LogP contribution in [0.4, 0.5) is 0 Å². The third kappa shape index (κ3) is 4.31. The van der Waals surface area contributed by atoms with Gasteiger partial charge < -0.3 is 25.0 Å². The number of hydrogen-bond acceptors (Lipinski definition) is 9. The van der Waals surface area contributed by atoms with E-state index in [1.807, 2.05) is 0 Å². The Balaban J connectivity index is 0.00000300. The molecule has 1 fully saturated rings. The SMILES string of the molecule is O=C(O)c1ccc(S(=O)(=O)[O-])c(C(=O)N[C@@H]2C(=O)N3C(C(=O)O)C=CS[C@H]23)n1.[Na+]. The van der Waals surface area contributed by atoms with Gasteiger partial charge in [0.05, 0.1) is 4.90 Å². The van der Waals surface area contributed by atoms with Crippen LogP contribution in [0.2, 0.25) is 0 Å². The van der Waals surface area contributed by atoms with Crippen molar-refractivity contribution in [2.45, 2.75) is 22.4 Å². The predicted octanol–water partition coefficient (Wildman–Crippen LogP) is -4.33. The van der Waals surface area contributed by atoms with Crippen LogP contribution in [0.1, 0.15) is 21.0 Å². The van der Waals surface area contributed by atoms with Crippen LogP contribution in [-0.4, -0.2) is 74.3 Å². The van der Waals surface area contributed by atoms with E-state index in [1.165, 1.54) is 11.5 Å². The first-order valence-electron chi connectivity index (χ1n) is 7.40. The molecule has 12 nitrogen and oxygen atoms in total. The molecule has 0 radical (unpaired) electrons. The predicted molar refractivity (Wildman–Crippen MR) is 89.2 cm³/mol. The number of aromatic carboxylic acids is 1. The van der Waals surface area contributed by atoms with Gasteiger partial charge in [-0.2, -0.15) is 0 Å². The van der Waals surface area contributed by atoms with Crippen LogP contribution in [0.5, 0.6) is 0 Å². The molecule has 0 aromatic carbocycles. The molecule has 1 unspecified atom stereocenters. The van der Waals surface area contributed by atoms with E-state index in [0.717, 1.165) is 22.7 Å². The number of aromatic nitrogens is 1. The molecule has 1 saturated heterocycles. The van der Waals surface area contributed by atoms with Crippen molar-refractivity contribution in [3.05, 3.63) is 35.0 Å². The van der Waals surface area contributed by atoms with Crippen molar-refractivity contribution in [1.82, 2.24) is 15.2 Å². The molecule has 3 N–H and O–H groups in total. The molecular weight excluding hydrogens is 441 g/mol. The number of thioether (sulfide) groups is 1. The average Bonchev–Trinajstić information content (AvgIpc) is 2.63. The van der Waals surface area contributed by atoms with Crippen LogP contribution in [0.3, 0.4) is 0 Å². The van der Waals surface area contributed by atoms with Crippen LogP contribution in [0.25, 0.3) is 0 Å².